The van der Waals surface area contributed by atoms with Gasteiger partial charge in [-0.1, -0.05) is 6.07 Å². The van der Waals surface area contributed by atoms with E-state index in [0.29, 0.717) is 6.04 Å². The molecule has 1 aliphatic heterocycles. The first-order valence-corrected chi connectivity index (χ1v) is 11.0. The van der Waals surface area contributed by atoms with Gasteiger partial charge in [-0.05, 0) is 69.8 Å². The topological polar surface area (TPSA) is 43.2 Å². The van der Waals surface area contributed by atoms with Crippen LogP contribution in [0.3, 0.4) is 0 Å². The van der Waals surface area contributed by atoms with Gasteiger partial charge < -0.3 is 14.2 Å². The molecule has 5 nitrogen and oxygen atoms in total. The van der Waals surface area contributed by atoms with Crippen molar-refractivity contribution >= 4 is 32.6 Å². The van der Waals surface area contributed by atoms with Crippen molar-refractivity contribution < 1.29 is 4.74 Å². The average Bonchev–Trinajstić information content (AvgIpc) is 3.28. The minimum atomic E-state index is 0.458. The second-order valence-corrected chi connectivity index (χ2v) is 9.20. The summed E-state index contributed by atoms with van der Waals surface area (Å²) in [6.45, 7) is 4.60. The Labute approximate surface area is 175 Å². The number of hydrogen-bond acceptors (Lipinski definition) is 5. The Morgan fingerprint density at radius 1 is 1.07 bits per heavy atom. The van der Waals surface area contributed by atoms with Gasteiger partial charge in [0, 0.05) is 24.8 Å². The van der Waals surface area contributed by atoms with Gasteiger partial charge in [0.2, 0.25) is 0 Å². The molecule has 3 heterocycles. The zero-order valence-corrected chi connectivity index (χ0v) is 18.0. The maximum absolute atomic E-state index is 5.59. The van der Waals surface area contributed by atoms with Crippen molar-refractivity contribution in [3.63, 3.8) is 0 Å². The van der Waals surface area contributed by atoms with Gasteiger partial charge >= 0.3 is 0 Å². The summed E-state index contributed by atoms with van der Waals surface area (Å²) < 4.78 is 9.27. The first-order valence-electron chi connectivity index (χ1n) is 10.2. The Kier molecular flexibility index (Phi) is 4.86. The molecule has 0 spiro atoms. The lowest BCUT2D eigenvalue weighted by molar-refractivity contribution is 0.0694. The number of thiazole rings is 1. The first-order chi connectivity index (χ1) is 14.1. The number of rotatable bonds is 4. The van der Waals surface area contributed by atoms with Crippen molar-refractivity contribution in [2.75, 3.05) is 27.3 Å². The maximum Gasteiger partial charge on any atom is 0.124 e. The van der Waals surface area contributed by atoms with Crippen molar-refractivity contribution in [3.05, 3.63) is 47.8 Å². The second-order valence-electron chi connectivity index (χ2n) is 8.17. The van der Waals surface area contributed by atoms with Crippen LogP contribution in [-0.2, 0) is 11.3 Å². The number of aryl methyl sites for hydroxylation is 1. The molecule has 1 aliphatic rings. The van der Waals surface area contributed by atoms with Crippen LogP contribution in [0.5, 0.6) is 0 Å². The highest BCUT2D eigenvalue weighted by Gasteiger charge is 2.22. The summed E-state index contributed by atoms with van der Waals surface area (Å²) >= 11 is 1.75. The number of hydrogen-bond donors (Lipinski definition) is 0. The van der Waals surface area contributed by atoms with E-state index in [1.807, 2.05) is 0 Å². The Bertz CT molecular complexity index is 1170. The summed E-state index contributed by atoms with van der Waals surface area (Å²) in [7, 11) is 4.20. The van der Waals surface area contributed by atoms with Crippen LogP contribution in [0.1, 0.15) is 30.3 Å². The predicted molar refractivity (Wildman–Crippen MR) is 120 cm³/mol. The fourth-order valence-electron chi connectivity index (χ4n) is 4.19. The quantitative estimate of drug-likeness (QED) is 0.476. The summed E-state index contributed by atoms with van der Waals surface area (Å²) in [6.07, 6.45) is 2.09. The lowest BCUT2D eigenvalue weighted by Crippen LogP contribution is -2.23. The molecule has 5 rings (SSSR count). The first kappa shape index (κ1) is 18.7. The van der Waals surface area contributed by atoms with Crippen LogP contribution >= 0.6 is 11.3 Å². The van der Waals surface area contributed by atoms with Gasteiger partial charge in [0.25, 0.3) is 0 Å². The molecule has 0 aliphatic carbocycles. The summed E-state index contributed by atoms with van der Waals surface area (Å²) in [6, 6.07) is 13.6. The minimum Gasteiger partial charge on any atom is -0.381 e. The zero-order chi connectivity index (χ0) is 20.0. The van der Waals surface area contributed by atoms with E-state index in [4.69, 9.17) is 14.7 Å². The Balaban J connectivity index is 1.60. The van der Waals surface area contributed by atoms with Crippen molar-refractivity contribution in [2.45, 2.75) is 32.4 Å². The third-order valence-corrected chi connectivity index (χ3v) is 6.65. The highest BCUT2D eigenvalue weighted by molar-refractivity contribution is 7.21. The number of benzene rings is 2. The second kappa shape index (κ2) is 7.52. The fraction of sp³-hybridized carbons (Fsp3) is 0.391. The largest absolute Gasteiger partial charge is 0.381 e. The highest BCUT2D eigenvalue weighted by Crippen LogP contribution is 2.34. The van der Waals surface area contributed by atoms with Gasteiger partial charge in [-0.15, -0.1) is 11.3 Å². The lowest BCUT2D eigenvalue weighted by Gasteiger charge is -2.26. The van der Waals surface area contributed by atoms with Gasteiger partial charge in [0.15, 0.2) is 0 Å². The molecule has 1 fully saturated rings. The Morgan fingerprint density at radius 2 is 1.90 bits per heavy atom. The molecule has 0 radical (unpaired) electrons. The van der Waals surface area contributed by atoms with E-state index < -0.39 is 0 Å². The molecule has 0 N–H and O–H groups in total. The number of nitrogens with zero attached hydrogens (tertiary/aromatic N) is 4. The van der Waals surface area contributed by atoms with Crippen LogP contribution in [0, 0.1) is 6.92 Å². The third-order valence-electron chi connectivity index (χ3n) is 5.57. The maximum atomic E-state index is 5.59. The van der Waals surface area contributed by atoms with E-state index in [0.717, 1.165) is 60.0 Å². The number of aromatic nitrogens is 3. The molecular weight excluding hydrogens is 380 g/mol. The Morgan fingerprint density at radius 3 is 2.69 bits per heavy atom. The summed E-state index contributed by atoms with van der Waals surface area (Å²) in [5.41, 5.74) is 5.74. The SMILES string of the molecule is Cc1ccc2sc(-c3ccc4c(c3)nc(CN(C)C)n4C3CCOCC3)nc2c1. The van der Waals surface area contributed by atoms with Crippen molar-refractivity contribution in [3.8, 4) is 10.6 Å². The van der Waals surface area contributed by atoms with Crippen LogP contribution in [-0.4, -0.2) is 46.7 Å². The summed E-state index contributed by atoms with van der Waals surface area (Å²) in [4.78, 5) is 12.1. The summed E-state index contributed by atoms with van der Waals surface area (Å²) in [5.74, 6) is 1.13. The number of imidazole rings is 1. The Hall–Kier alpha value is -2.28. The van der Waals surface area contributed by atoms with Gasteiger partial charge in [-0.3, -0.25) is 0 Å². The number of fused-ring (bicyclic) bond motifs is 2. The standard InChI is InChI=1S/C23H26N4OS/c1-15-4-7-21-19(12-15)25-23(29-21)16-5-6-20-18(13-16)24-22(14-26(2)3)27(20)17-8-10-28-11-9-17/h4-7,12-13,17H,8-11,14H2,1-3H3. The van der Waals surface area contributed by atoms with Crippen LogP contribution in [0.2, 0.25) is 0 Å². The minimum absolute atomic E-state index is 0.458. The number of ether oxygens (including phenoxy) is 1. The zero-order valence-electron chi connectivity index (χ0n) is 17.2. The molecule has 4 aromatic rings. The van der Waals surface area contributed by atoms with Gasteiger partial charge in [0.05, 0.1) is 27.8 Å². The van der Waals surface area contributed by atoms with E-state index in [9.17, 15) is 0 Å². The van der Waals surface area contributed by atoms with E-state index in [1.54, 1.807) is 11.3 Å². The van der Waals surface area contributed by atoms with Crippen molar-refractivity contribution in [2.24, 2.45) is 0 Å². The van der Waals surface area contributed by atoms with Crippen molar-refractivity contribution in [1.29, 1.82) is 0 Å². The van der Waals surface area contributed by atoms with Gasteiger partial charge in [0.1, 0.15) is 10.8 Å². The molecule has 0 unspecified atom stereocenters. The smallest absolute Gasteiger partial charge is 0.124 e. The van der Waals surface area contributed by atoms with E-state index in [2.05, 4.69) is 66.9 Å². The van der Waals surface area contributed by atoms with Gasteiger partial charge in [-0.2, -0.15) is 0 Å². The van der Waals surface area contributed by atoms with Gasteiger partial charge in [-0.25, -0.2) is 9.97 Å². The average molecular weight is 407 g/mol. The molecule has 2 aromatic heterocycles. The molecule has 0 bridgehead atoms. The van der Waals surface area contributed by atoms with Crippen LogP contribution in [0.4, 0.5) is 0 Å². The molecular formula is C23H26N4OS. The summed E-state index contributed by atoms with van der Waals surface area (Å²) in [5, 5.41) is 1.06. The monoisotopic (exact) mass is 406 g/mol. The highest BCUT2D eigenvalue weighted by atomic mass is 32.1. The molecule has 0 atom stereocenters. The molecule has 0 amide bonds. The fourth-order valence-corrected chi connectivity index (χ4v) is 5.13. The third kappa shape index (κ3) is 3.56. The van der Waals surface area contributed by atoms with E-state index >= 15 is 0 Å². The normalized spacial score (nSPS) is 15.7. The van der Waals surface area contributed by atoms with E-state index in [-0.39, 0.29) is 0 Å². The molecule has 29 heavy (non-hydrogen) atoms. The predicted octanol–water partition coefficient (Wildman–Crippen LogP) is 5.03. The molecule has 6 heteroatoms. The lowest BCUT2D eigenvalue weighted by atomic mass is 10.1. The molecule has 1 saturated heterocycles. The van der Waals surface area contributed by atoms with Crippen LogP contribution in [0.15, 0.2) is 36.4 Å². The van der Waals surface area contributed by atoms with E-state index in [1.165, 1.54) is 15.8 Å². The molecule has 150 valence electrons. The van der Waals surface area contributed by atoms with Crippen molar-refractivity contribution in [1.82, 2.24) is 19.4 Å². The molecule has 0 saturated carbocycles. The van der Waals surface area contributed by atoms with Crippen LogP contribution < -0.4 is 0 Å². The van der Waals surface area contributed by atoms with Crippen LogP contribution in [0.25, 0.3) is 31.8 Å². The molecule has 2 aromatic carbocycles.